The Balaban J connectivity index is 1.42. The quantitative estimate of drug-likeness (QED) is 0.627. The number of pyridine rings is 1. The van der Waals surface area contributed by atoms with Crippen molar-refractivity contribution in [3.63, 3.8) is 0 Å². The van der Waals surface area contributed by atoms with Crippen molar-refractivity contribution in [3.05, 3.63) is 60.1 Å². The monoisotopic (exact) mass is 426 g/mol. The van der Waals surface area contributed by atoms with Crippen molar-refractivity contribution in [2.75, 3.05) is 0 Å². The highest BCUT2D eigenvalue weighted by Crippen LogP contribution is 2.35. The second kappa shape index (κ2) is 8.60. The summed E-state index contributed by atoms with van der Waals surface area (Å²) in [5.41, 5.74) is 1.39. The zero-order valence-corrected chi connectivity index (χ0v) is 17.8. The van der Waals surface area contributed by atoms with E-state index in [0.29, 0.717) is 10.5 Å². The largest absolute Gasteiger partial charge is 0.449 e. The lowest BCUT2D eigenvalue weighted by Crippen LogP contribution is -2.32. The average molecular weight is 427 g/mol. The van der Waals surface area contributed by atoms with Gasteiger partial charge >= 0.3 is 0 Å². The van der Waals surface area contributed by atoms with E-state index >= 15 is 0 Å². The number of benzene rings is 1. The topological polar surface area (TPSA) is 89.3 Å². The molecule has 0 spiro atoms. The van der Waals surface area contributed by atoms with Crippen molar-refractivity contribution in [2.24, 2.45) is 5.92 Å². The number of amides is 1. The first kappa shape index (κ1) is 20.6. The second-order valence-corrected chi connectivity index (χ2v) is 10.1. The molecule has 1 aliphatic carbocycles. The molecule has 2 unspecified atom stereocenters. The molecule has 2 atom stereocenters. The summed E-state index contributed by atoms with van der Waals surface area (Å²) in [7, 11) is -3.34. The number of furan rings is 1. The van der Waals surface area contributed by atoms with Gasteiger partial charge in [0.25, 0.3) is 5.91 Å². The molecule has 3 aromatic rings. The number of hydrogen-bond donors (Lipinski definition) is 1. The van der Waals surface area contributed by atoms with E-state index in [1.54, 1.807) is 48.8 Å². The highest BCUT2D eigenvalue weighted by Gasteiger charge is 2.35. The minimum absolute atomic E-state index is 0.222. The predicted molar refractivity (Wildman–Crippen MR) is 115 cm³/mol. The molecule has 0 bridgehead atoms. The fourth-order valence-electron chi connectivity index (χ4n) is 4.29. The zero-order chi connectivity index (χ0) is 21.1. The summed E-state index contributed by atoms with van der Waals surface area (Å²) in [6.45, 7) is 2.36. The van der Waals surface area contributed by atoms with Gasteiger partial charge in [0.2, 0.25) is 0 Å². The molecule has 2 heterocycles. The van der Waals surface area contributed by atoms with E-state index in [2.05, 4.69) is 17.2 Å². The van der Waals surface area contributed by atoms with Crippen LogP contribution in [-0.2, 0) is 16.4 Å². The normalized spacial score (nSPS) is 19.6. The number of aromatic nitrogens is 1. The first-order valence-electron chi connectivity index (χ1n) is 10.4. The van der Waals surface area contributed by atoms with Crippen molar-refractivity contribution < 1.29 is 17.6 Å². The standard InChI is InChI=1S/C23H26N2O4S/c1-2-17-5-3-4-6-22(17)30(27,28)19-9-7-16(8-10-19)14-25-23(26)20-13-18-11-12-24-15-21(18)29-20/h7-13,15,17,22H,2-6,14H2,1H3,(H,25,26). The summed E-state index contributed by atoms with van der Waals surface area (Å²) < 4.78 is 31.7. The molecule has 1 amide bonds. The van der Waals surface area contributed by atoms with Gasteiger partial charge < -0.3 is 9.73 Å². The summed E-state index contributed by atoms with van der Waals surface area (Å²) >= 11 is 0. The highest BCUT2D eigenvalue weighted by atomic mass is 32.2. The maximum absolute atomic E-state index is 13.1. The van der Waals surface area contributed by atoms with Gasteiger partial charge in [-0.15, -0.1) is 0 Å². The van der Waals surface area contributed by atoms with Crippen LogP contribution in [0.3, 0.4) is 0 Å². The zero-order valence-electron chi connectivity index (χ0n) is 17.0. The molecule has 1 saturated carbocycles. The highest BCUT2D eigenvalue weighted by molar-refractivity contribution is 7.92. The number of hydrogen-bond acceptors (Lipinski definition) is 5. The van der Waals surface area contributed by atoms with Crippen molar-refractivity contribution in [1.29, 1.82) is 0 Å². The van der Waals surface area contributed by atoms with Crippen LogP contribution < -0.4 is 5.32 Å². The Labute approximate surface area is 176 Å². The summed E-state index contributed by atoms with van der Waals surface area (Å²) in [5, 5.41) is 3.34. The molecule has 0 aliphatic heterocycles. The fourth-order valence-corrected chi connectivity index (χ4v) is 6.46. The lowest BCUT2D eigenvalue weighted by atomic mass is 9.87. The predicted octanol–water partition coefficient (Wildman–Crippen LogP) is 4.50. The summed E-state index contributed by atoms with van der Waals surface area (Å²) in [6, 6.07) is 10.3. The van der Waals surface area contributed by atoms with Gasteiger partial charge in [-0.1, -0.05) is 38.3 Å². The molecular formula is C23H26N2O4S. The summed E-state index contributed by atoms with van der Waals surface area (Å²) in [5.74, 6) is 0.137. The third-order valence-corrected chi connectivity index (χ3v) is 8.36. The van der Waals surface area contributed by atoms with Crippen LogP contribution in [0.15, 0.2) is 58.1 Å². The lowest BCUT2D eigenvalue weighted by molar-refractivity contribution is 0.0925. The number of sulfone groups is 1. The summed E-state index contributed by atoms with van der Waals surface area (Å²) in [6.07, 6.45) is 7.93. The third-order valence-electron chi connectivity index (χ3n) is 6.01. The van der Waals surface area contributed by atoms with Crippen LogP contribution in [0.1, 0.15) is 55.1 Å². The molecule has 6 nitrogen and oxygen atoms in total. The van der Waals surface area contributed by atoms with Crippen LogP contribution >= 0.6 is 0 Å². The second-order valence-electron chi connectivity index (χ2n) is 7.89. The minimum Gasteiger partial charge on any atom is -0.449 e. The van der Waals surface area contributed by atoms with E-state index in [1.165, 1.54) is 0 Å². The Hall–Kier alpha value is -2.67. The Kier molecular flexibility index (Phi) is 5.90. The Morgan fingerprint density at radius 1 is 1.17 bits per heavy atom. The molecule has 1 aliphatic rings. The molecule has 158 valence electrons. The van der Waals surface area contributed by atoms with Crippen LogP contribution in [0.2, 0.25) is 0 Å². The van der Waals surface area contributed by atoms with Gasteiger partial charge in [0.05, 0.1) is 16.3 Å². The molecule has 30 heavy (non-hydrogen) atoms. The van der Waals surface area contributed by atoms with Crippen LogP contribution in [0.25, 0.3) is 11.0 Å². The number of rotatable bonds is 6. The van der Waals surface area contributed by atoms with Gasteiger partial charge in [0.1, 0.15) is 0 Å². The van der Waals surface area contributed by atoms with Gasteiger partial charge in [-0.25, -0.2) is 8.42 Å². The number of nitrogens with one attached hydrogen (secondary N) is 1. The van der Waals surface area contributed by atoms with Crippen molar-refractivity contribution in [3.8, 4) is 0 Å². The molecular weight excluding hydrogens is 400 g/mol. The number of carbonyl (C=O) groups excluding carboxylic acids is 1. The summed E-state index contributed by atoms with van der Waals surface area (Å²) in [4.78, 5) is 16.7. The first-order chi connectivity index (χ1) is 14.5. The van der Waals surface area contributed by atoms with E-state index in [9.17, 15) is 13.2 Å². The van der Waals surface area contributed by atoms with Crippen molar-refractivity contribution >= 4 is 26.7 Å². The van der Waals surface area contributed by atoms with Gasteiger partial charge in [-0.2, -0.15) is 0 Å². The number of fused-ring (bicyclic) bond motifs is 1. The molecule has 7 heteroatoms. The maximum atomic E-state index is 13.1. The number of nitrogens with zero attached hydrogens (tertiary/aromatic N) is 1. The number of carbonyl (C=O) groups is 1. The maximum Gasteiger partial charge on any atom is 0.287 e. The average Bonchev–Trinajstić information content (AvgIpc) is 3.22. The molecule has 1 N–H and O–H groups in total. The van der Waals surface area contributed by atoms with Gasteiger partial charge in [-0.3, -0.25) is 9.78 Å². The van der Waals surface area contributed by atoms with E-state index in [4.69, 9.17) is 4.42 Å². The minimum atomic E-state index is -3.34. The molecule has 2 aromatic heterocycles. The molecule has 1 fully saturated rings. The smallest absolute Gasteiger partial charge is 0.287 e. The molecule has 0 radical (unpaired) electrons. The fraction of sp³-hybridized carbons (Fsp3) is 0.391. The lowest BCUT2D eigenvalue weighted by Gasteiger charge is -2.30. The van der Waals surface area contributed by atoms with Gasteiger partial charge in [0.15, 0.2) is 21.2 Å². The Morgan fingerprint density at radius 2 is 1.93 bits per heavy atom. The van der Waals surface area contributed by atoms with E-state index < -0.39 is 9.84 Å². The Morgan fingerprint density at radius 3 is 2.67 bits per heavy atom. The van der Waals surface area contributed by atoms with Crippen molar-refractivity contribution in [1.82, 2.24) is 10.3 Å². The van der Waals surface area contributed by atoms with Crippen LogP contribution in [0, 0.1) is 5.92 Å². The third kappa shape index (κ3) is 4.12. The van der Waals surface area contributed by atoms with Crippen LogP contribution in [0.4, 0.5) is 0 Å². The van der Waals surface area contributed by atoms with Gasteiger partial charge in [-0.05, 0) is 48.6 Å². The SMILES string of the molecule is CCC1CCCCC1S(=O)(=O)c1ccc(CNC(=O)c2cc3ccncc3o2)cc1. The molecule has 0 saturated heterocycles. The molecule has 4 rings (SSSR count). The van der Waals surface area contributed by atoms with Crippen LogP contribution in [-0.4, -0.2) is 24.6 Å². The Bertz CT molecular complexity index is 1100. The van der Waals surface area contributed by atoms with E-state index in [1.807, 2.05) is 0 Å². The van der Waals surface area contributed by atoms with Gasteiger partial charge in [0, 0.05) is 18.1 Å². The molecule has 1 aromatic carbocycles. The van der Waals surface area contributed by atoms with E-state index in [0.717, 1.165) is 43.1 Å². The first-order valence-corrected chi connectivity index (χ1v) is 12.0. The van der Waals surface area contributed by atoms with E-state index in [-0.39, 0.29) is 29.4 Å². The van der Waals surface area contributed by atoms with Crippen molar-refractivity contribution in [2.45, 2.75) is 55.7 Å². The van der Waals surface area contributed by atoms with Crippen LogP contribution in [0.5, 0.6) is 0 Å².